The molecule has 20 heavy (non-hydrogen) atoms. The van der Waals surface area contributed by atoms with Gasteiger partial charge in [0.1, 0.15) is 5.82 Å². The smallest absolute Gasteiger partial charge is 0.123 e. The van der Waals surface area contributed by atoms with Crippen LogP contribution < -0.4 is 5.32 Å². The third-order valence-electron chi connectivity index (χ3n) is 3.67. The third kappa shape index (κ3) is 2.88. The number of halogens is 2. The number of benzene rings is 2. The molecule has 1 nitrogen and oxygen atoms in total. The van der Waals surface area contributed by atoms with Gasteiger partial charge in [-0.2, -0.15) is 0 Å². The van der Waals surface area contributed by atoms with Gasteiger partial charge in [-0.05, 0) is 90.4 Å². The molecule has 0 aliphatic carbocycles. The van der Waals surface area contributed by atoms with Crippen LogP contribution in [0.5, 0.6) is 0 Å². The van der Waals surface area contributed by atoms with Gasteiger partial charge in [0, 0.05) is 3.57 Å². The van der Waals surface area contributed by atoms with E-state index < -0.39 is 0 Å². The molecule has 0 saturated carbocycles. The molecule has 2 rings (SSSR count). The maximum Gasteiger partial charge on any atom is 0.123 e. The number of nitrogens with one attached hydrogen (secondary N) is 1. The van der Waals surface area contributed by atoms with Crippen LogP contribution in [0, 0.1) is 30.2 Å². The summed E-state index contributed by atoms with van der Waals surface area (Å²) in [6.07, 6.45) is 0. The van der Waals surface area contributed by atoms with Crippen LogP contribution >= 0.6 is 22.6 Å². The van der Waals surface area contributed by atoms with E-state index in [2.05, 4.69) is 53.0 Å². The van der Waals surface area contributed by atoms with Gasteiger partial charge >= 0.3 is 0 Å². The lowest BCUT2D eigenvalue weighted by Gasteiger charge is -2.23. The van der Waals surface area contributed by atoms with Crippen molar-refractivity contribution in [2.24, 2.45) is 0 Å². The van der Waals surface area contributed by atoms with Crippen LogP contribution in [-0.4, -0.2) is 7.05 Å². The summed E-state index contributed by atoms with van der Waals surface area (Å²) in [7, 11) is 1.95. The predicted octanol–water partition coefficient (Wildman–Crippen LogP) is 4.66. The molecule has 2 aromatic rings. The fourth-order valence-corrected chi connectivity index (χ4v) is 3.40. The van der Waals surface area contributed by atoms with Gasteiger partial charge < -0.3 is 5.32 Å². The first-order valence-electron chi connectivity index (χ1n) is 6.64. The molecule has 0 saturated heterocycles. The molecule has 0 bridgehead atoms. The van der Waals surface area contributed by atoms with Gasteiger partial charge in [0.15, 0.2) is 0 Å². The first kappa shape index (κ1) is 15.4. The number of aryl methyl sites for hydroxylation is 3. The van der Waals surface area contributed by atoms with E-state index in [1.54, 1.807) is 12.1 Å². The third-order valence-corrected chi connectivity index (χ3v) is 5.14. The second-order valence-corrected chi connectivity index (χ2v) is 6.23. The van der Waals surface area contributed by atoms with E-state index in [0.717, 1.165) is 16.7 Å². The van der Waals surface area contributed by atoms with Crippen molar-refractivity contribution in [3.8, 4) is 0 Å². The molecule has 0 radical (unpaired) electrons. The number of hydrogen-bond donors (Lipinski definition) is 1. The lowest BCUT2D eigenvalue weighted by Crippen LogP contribution is -2.21. The van der Waals surface area contributed by atoms with E-state index in [1.807, 2.05) is 20.9 Å². The molecule has 0 amide bonds. The molecule has 0 aliphatic heterocycles. The molecule has 0 aromatic heterocycles. The quantitative estimate of drug-likeness (QED) is 0.760. The highest BCUT2D eigenvalue weighted by Crippen LogP contribution is 2.32. The number of rotatable bonds is 3. The van der Waals surface area contributed by atoms with Gasteiger partial charge in [-0.3, -0.25) is 0 Å². The molecule has 1 atom stereocenters. The SMILES string of the molecule is CNC(c1cccc(C)c1I)c1c(C)cc(F)cc1C. The van der Waals surface area contributed by atoms with E-state index in [0.29, 0.717) is 0 Å². The Kier molecular flexibility index (Phi) is 4.81. The Bertz CT molecular complexity index is 614. The first-order valence-corrected chi connectivity index (χ1v) is 7.72. The Hall–Kier alpha value is -0.940. The molecule has 106 valence electrons. The van der Waals surface area contributed by atoms with Gasteiger partial charge in [-0.1, -0.05) is 18.2 Å². The summed E-state index contributed by atoms with van der Waals surface area (Å²) in [5, 5.41) is 3.38. The summed E-state index contributed by atoms with van der Waals surface area (Å²) >= 11 is 2.39. The van der Waals surface area contributed by atoms with Crippen LogP contribution in [0.25, 0.3) is 0 Å². The minimum Gasteiger partial charge on any atom is -0.309 e. The van der Waals surface area contributed by atoms with Crippen molar-refractivity contribution < 1.29 is 4.39 Å². The lowest BCUT2D eigenvalue weighted by atomic mass is 9.90. The Morgan fingerprint density at radius 3 is 2.20 bits per heavy atom. The predicted molar refractivity (Wildman–Crippen MR) is 90.7 cm³/mol. The van der Waals surface area contributed by atoms with Crippen molar-refractivity contribution in [2.45, 2.75) is 26.8 Å². The topological polar surface area (TPSA) is 12.0 Å². The zero-order valence-corrected chi connectivity index (χ0v) is 14.4. The maximum absolute atomic E-state index is 13.5. The molecule has 2 aromatic carbocycles. The Labute approximate surface area is 133 Å². The van der Waals surface area contributed by atoms with Crippen LogP contribution in [0.15, 0.2) is 30.3 Å². The minimum atomic E-state index is -0.169. The fourth-order valence-electron chi connectivity index (χ4n) is 2.73. The summed E-state index contributed by atoms with van der Waals surface area (Å²) in [6, 6.07) is 9.62. The highest BCUT2D eigenvalue weighted by Gasteiger charge is 2.20. The molecule has 1 unspecified atom stereocenters. The van der Waals surface area contributed by atoms with E-state index in [9.17, 15) is 4.39 Å². The zero-order valence-electron chi connectivity index (χ0n) is 12.2. The van der Waals surface area contributed by atoms with Crippen molar-refractivity contribution in [3.05, 3.63) is 67.5 Å². The van der Waals surface area contributed by atoms with Gasteiger partial charge in [-0.25, -0.2) is 4.39 Å². The molecule has 3 heteroatoms. The van der Waals surface area contributed by atoms with E-state index in [4.69, 9.17) is 0 Å². The van der Waals surface area contributed by atoms with Gasteiger partial charge in [0.05, 0.1) is 6.04 Å². The van der Waals surface area contributed by atoms with Crippen LogP contribution in [0.4, 0.5) is 4.39 Å². The second-order valence-electron chi connectivity index (χ2n) is 5.15. The van der Waals surface area contributed by atoms with Crippen LogP contribution in [0.3, 0.4) is 0 Å². The van der Waals surface area contributed by atoms with Crippen LogP contribution in [0.1, 0.15) is 33.9 Å². The van der Waals surface area contributed by atoms with Gasteiger partial charge in [0.25, 0.3) is 0 Å². The average Bonchev–Trinajstić information content (AvgIpc) is 2.37. The molecule has 0 spiro atoms. The molecule has 1 N–H and O–H groups in total. The van der Waals surface area contributed by atoms with Crippen LogP contribution in [-0.2, 0) is 0 Å². The monoisotopic (exact) mass is 383 g/mol. The normalized spacial score (nSPS) is 12.5. The number of hydrogen-bond acceptors (Lipinski definition) is 1. The van der Waals surface area contributed by atoms with Crippen molar-refractivity contribution in [3.63, 3.8) is 0 Å². The standard InChI is InChI=1S/C17H19FIN/c1-10-6-5-7-14(16(10)19)17(20-4)15-11(2)8-13(18)9-12(15)3/h5-9,17,20H,1-4H3. The molecular weight excluding hydrogens is 364 g/mol. The average molecular weight is 383 g/mol. The maximum atomic E-state index is 13.5. The van der Waals surface area contributed by atoms with E-state index >= 15 is 0 Å². The summed E-state index contributed by atoms with van der Waals surface area (Å²) < 4.78 is 14.8. The summed E-state index contributed by atoms with van der Waals surface area (Å²) in [5.74, 6) is -0.169. The van der Waals surface area contributed by atoms with Gasteiger partial charge in [0.2, 0.25) is 0 Å². The largest absolute Gasteiger partial charge is 0.309 e. The summed E-state index contributed by atoms with van der Waals surface area (Å²) in [4.78, 5) is 0. The molecule has 0 heterocycles. The van der Waals surface area contributed by atoms with Crippen molar-refractivity contribution >= 4 is 22.6 Å². The first-order chi connectivity index (χ1) is 9.45. The van der Waals surface area contributed by atoms with E-state index in [1.165, 1.54) is 14.7 Å². The van der Waals surface area contributed by atoms with Crippen molar-refractivity contribution in [1.82, 2.24) is 5.32 Å². The minimum absolute atomic E-state index is 0.0856. The van der Waals surface area contributed by atoms with Crippen LogP contribution in [0.2, 0.25) is 0 Å². The molecule has 0 aliphatic rings. The zero-order chi connectivity index (χ0) is 14.9. The van der Waals surface area contributed by atoms with Gasteiger partial charge in [-0.15, -0.1) is 0 Å². The van der Waals surface area contributed by atoms with Crippen molar-refractivity contribution in [1.29, 1.82) is 0 Å². The molecule has 0 fully saturated rings. The Balaban J connectivity index is 2.62. The highest BCUT2D eigenvalue weighted by atomic mass is 127. The van der Waals surface area contributed by atoms with Crippen molar-refractivity contribution in [2.75, 3.05) is 7.05 Å². The second kappa shape index (κ2) is 6.22. The fraction of sp³-hybridized carbons (Fsp3) is 0.294. The Morgan fingerprint density at radius 1 is 1.05 bits per heavy atom. The Morgan fingerprint density at radius 2 is 1.65 bits per heavy atom. The molecular formula is C17H19FIN. The summed E-state index contributed by atoms with van der Waals surface area (Å²) in [6.45, 7) is 6.05. The summed E-state index contributed by atoms with van der Waals surface area (Å²) in [5.41, 5.74) is 5.64. The highest BCUT2D eigenvalue weighted by molar-refractivity contribution is 14.1. The van der Waals surface area contributed by atoms with E-state index in [-0.39, 0.29) is 11.9 Å². The lowest BCUT2D eigenvalue weighted by molar-refractivity contribution is 0.618.